The summed E-state index contributed by atoms with van der Waals surface area (Å²) in [6.45, 7) is 5.25. The zero-order chi connectivity index (χ0) is 27.9. The van der Waals surface area contributed by atoms with Gasteiger partial charge in [-0.05, 0) is 57.1 Å². The van der Waals surface area contributed by atoms with Crippen LogP contribution in [0.15, 0.2) is 17.3 Å². The molecule has 0 saturated heterocycles. The predicted molar refractivity (Wildman–Crippen MR) is 145 cm³/mol. The topological polar surface area (TPSA) is 129 Å². The van der Waals surface area contributed by atoms with E-state index >= 15 is 0 Å². The molecule has 2 saturated carbocycles. The summed E-state index contributed by atoms with van der Waals surface area (Å²) in [6.07, 6.45) is 2.93. The molecule has 1 aromatic heterocycles. The van der Waals surface area contributed by atoms with Crippen LogP contribution in [-0.2, 0) is 9.47 Å². The molecule has 2 fully saturated rings. The molecular formula is C26H36F2N6O4S. The first-order chi connectivity index (χ1) is 18.6. The smallest absolute Gasteiger partial charge is 0.191 e. The number of aliphatic hydroxyl groups is 2. The van der Waals surface area contributed by atoms with Crippen molar-refractivity contribution in [2.24, 2.45) is 0 Å². The minimum absolute atomic E-state index is 0.112. The van der Waals surface area contributed by atoms with Crippen LogP contribution in [0.2, 0.25) is 0 Å². The molecule has 0 radical (unpaired) electrons. The minimum Gasteiger partial charge on any atom is -0.394 e. The summed E-state index contributed by atoms with van der Waals surface area (Å²) in [7, 11) is 0. The second-order valence-electron chi connectivity index (χ2n) is 10.7. The summed E-state index contributed by atoms with van der Waals surface area (Å²) in [4.78, 5) is 9.34. The number of hydrogen-bond acceptors (Lipinski definition) is 11. The SMILES string of the molecule is CCCSc1nc(N)c2c(n1)N(C1CC(OCCO)CC1OC(C)(C)O)NN2c1cc(F)c(F)cc1C1CC1. The number of rotatable bonds is 11. The van der Waals surface area contributed by atoms with Gasteiger partial charge in [-0.1, -0.05) is 18.7 Å². The molecule has 5 N–H and O–H groups in total. The van der Waals surface area contributed by atoms with Crippen molar-refractivity contribution in [1.29, 1.82) is 0 Å². The molecule has 214 valence electrons. The lowest BCUT2D eigenvalue weighted by Crippen LogP contribution is -2.52. The van der Waals surface area contributed by atoms with Crippen molar-refractivity contribution in [1.82, 2.24) is 15.5 Å². The number of benzene rings is 1. The number of fused-ring (bicyclic) bond motifs is 1. The van der Waals surface area contributed by atoms with Gasteiger partial charge < -0.3 is 25.4 Å². The van der Waals surface area contributed by atoms with Gasteiger partial charge in [-0.3, -0.25) is 10.0 Å². The second-order valence-corrected chi connectivity index (χ2v) is 11.7. The number of nitrogens with two attached hydrogens (primary N) is 1. The van der Waals surface area contributed by atoms with Gasteiger partial charge in [0.05, 0.1) is 37.2 Å². The minimum atomic E-state index is -1.41. The molecule has 2 aliphatic carbocycles. The molecule has 1 aromatic carbocycles. The summed E-state index contributed by atoms with van der Waals surface area (Å²) in [5.74, 6) is -1.68. The maximum Gasteiger partial charge on any atom is 0.191 e. The third kappa shape index (κ3) is 6.08. The number of aliphatic hydroxyl groups excluding tert-OH is 1. The fraction of sp³-hybridized carbons (Fsp3) is 0.615. The molecule has 0 bridgehead atoms. The Morgan fingerprint density at radius 2 is 1.95 bits per heavy atom. The molecule has 3 atom stereocenters. The van der Waals surface area contributed by atoms with Crippen molar-refractivity contribution in [2.45, 2.75) is 88.0 Å². The highest BCUT2D eigenvalue weighted by Crippen LogP contribution is 2.50. The van der Waals surface area contributed by atoms with E-state index in [4.69, 9.17) is 20.2 Å². The van der Waals surface area contributed by atoms with E-state index in [1.54, 1.807) is 23.9 Å². The number of aromatic nitrogens is 2. The van der Waals surface area contributed by atoms with Gasteiger partial charge in [-0.15, -0.1) is 5.53 Å². The fourth-order valence-corrected chi connectivity index (χ4v) is 5.92. The van der Waals surface area contributed by atoms with Crippen LogP contribution in [0.1, 0.15) is 64.4 Å². The summed E-state index contributed by atoms with van der Waals surface area (Å²) in [5.41, 5.74) is 11.4. The fourth-order valence-electron chi connectivity index (χ4n) is 5.21. The van der Waals surface area contributed by atoms with E-state index in [9.17, 15) is 19.0 Å². The van der Waals surface area contributed by atoms with E-state index in [-0.39, 0.29) is 37.1 Å². The van der Waals surface area contributed by atoms with Gasteiger partial charge in [-0.2, -0.15) is 0 Å². The Bertz CT molecular complexity index is 1200. The van der Waals surface area contributed by atoms with E-state index in [1.807, 2.05) is 0 Å². The van der Waals surface area contributed by atoms with Crippen molar-refractivity contribution in [3.8, 4) is 0 Å². The average Bonchev–Trinajstić information content (AvgIpc) is 3.54. The summed E-state index contributed by atoms with van der Waals surface area (Å²) >= 11 is 1.48. The number of halogens is 2. The van der Waals surface area contributed by atoms with Crippen molar-refractivity contribution in [2.75, 3.05) is 34.7 Å². The Kier molecular flexibility index (Phi) is 8.18. The number of nitrogens with zero attached hydrogens (tertiary/aromatic N) is 4. The van der Waals surface area contributed by atoms with E-state index in [1.165, 1.54) is 23.9 Å². The van der Waals surface area contributed by atoms with Gasteiger partial charge >= 0.3 is 0 Å². The van der Waals surface area contributed by atoms with Crippen molar-refractivity contribution < 1.29 is 28.5 Å². The van der Waals surface area contributed by atoms with Crippen LogP contribution >= 0.6 is 11.8 Å². The highest BCUT2D eigenvalue weighted by molar-refractivity contribution is 7.99. The maximum atomic E-state index is 14.6. The zero-order valence-electron chi connectivity index (χ0n) is 22.4. The Morgan fingerprint density at radius 1 is 1.21 bits per heavy atom. The molecule has 2 heterocycles. The van der Waals surface area contributed by atoms with Crippen LogP contribution in [-0.4, -0.2) is 63.2 Å². The van der Waals surface area contributed by atoms with Crippen LogP contribution in [0.4, 0.5) is 31.8 Å². The van der Waals surface area contributed by atoms with Gasteiger partial charge in [0.15, 0.2) is 34.2 Å². The number of hydrazine groups is 2. The van der Waals surface area contributed by atoms with Crippen molar-refractivity contribution in [3.63, 3.8) is 0 Å². The molecular weight excluding hydrogens is 530 g/mol. The van der Waals surface area contributed by atoms with Crippen LogP contribution in [0.25, 0.3) is 0 Å². The van der Waals surface area contributed by atoms with Gasteiger partial charge in [-0.25, -0.2) is 18.7 Å². The zero-order valence-corrected chi connectivity index (χ0v) is 23.2. The highest BCUT2D eigenvalue weighted by Gasteiger charge is 2.47. The normalized spacial score (nSPS) is 23.1. The van der Waals surface area contributed by atoms with Crippen LogP contribution in [0.3, 0.4) is 0 Å². The second kappa shape index (κ2) is 11.3. The lowest BCUT2D eigenvalue weighted by atomic mass is 10.1. The third-order valence-electron chi connectivity index (χ3n) is 6.94. The lowest BCUT2D eigenvalue weighted by molar-refractivity contribution is -0.208. The number of anilines is 4. The predicted octanol–water partition coefficient (Wildman–Crippen LogP) is 3.75. The molecule has 39 heavy (non-hydrogen) atoms. The summed E-state index contributed by atoms with van der Waals surface area (Å²) in [5, 5.41) is 23.7. The largest absolute Gasteiger partial charge is 0.394 e. The Hall–Kier alpha value is -2.29. The lowest BCUT2D eigenvalue weighted by Gasteiger charge is -2.34. The standard InChI is InChI=1S/C26H36F2N6O4S/c1-4-9-39-25-30-23(29)22-24(31-25)34(20-10-15(37-8-7-35)11-21(20)38-26(2,3)36)32-33(22)19-13-18(28)17(27)12-16(19)14-5-6-14/h12-15,20-21,32,35-36H,4-11H2,1-3H3,(H2,29,30,31). The molecule has 5 rings (SSSR count). The molecule has 10 nitrogen and oxygen atoms in total. The van der Waals surface area contributed by atoms with Gasteiger partial charge in [0, 0.05) is 18.2 Å². The third-order valence-corrected chi connectivity index (χ3v) is 7.99. The van der Waals surface area contributed by atoms with E-state index in [0.717, 1.165) is 25.0 Å². The highest BCUT2D eigenvalue weighted by atomic mass is 32.2. The number of nitrogen functional groups attached to an aromatic ring is 1. The van der Waals surface area contributed by atoms with Gasteiger partial charge in [0.25, 0.3) is 0 Å². The molecule has 3 unspecified atom stereocenters. The van der Waals surface area contributed by atoms with E-state index in [2.05, 4.69) is 17.4 Å². The first kappa shape index (κ1) is 28.2. The number of thioether (sulfide) groups is 1. The number of nitrogens with one attached hydrogen (secondary N) is 1. The summed E-state index contributed by atoms with van der Waals surface area (Å²) in [6, 6.07) is 2.05. The van der Waals surface area contributed by atoms with Crippen LogP contribution in [0, 0.1) is 11.6 Å². The van der Waals surface area contributed by atoms with Gasteiger partial charge in [0.2, 0.25) is 0 Å². The van der Waals surface area contributed by atoms with Crippen LogP contribution in [0.5, 0.6) is 0 Å². The Labute approximate surface area is 230 Å². The molecule has 0 spiro atoms. The molecule has 0 amide bonds. The Morgan fingerprint density at radius 3 is 2.62 bits per heavy atom. The first-order valence-electron chi connectivity index (χ1n) is 13.4. The Balaban J connectivity index is 1.58. The molecule has 2 aromatic rings. The van der Waals surface area contributed by atoms with Crippen molar-refractivity contribution >= 4 is 34.8 Å². The van der Waals surface area contributed by atoms with E-state index in [0.29, 0.717) is 40.8 Å². The quantitative estimate of drug-likeness (QED) is 0.180. The number of hydrogen-bond donors (Lipinski definition) is 4. The monoisotopic (exact) mass is 566 g/mol. The van der Waals surface area contributed by atoms with Crippen molar-refractivity contribution in [3.05, 3.63) is 29.3 Å². The van der Waals surface area contributed by atoms with E-state index < -0.39 is 23.5 Å². The molecule has 13 heteroatoms. The molecule has 1 aliphatic heterocycles. The first-order valence-corrected chi connectivity index (χ1v) is 14.4. The van der Waals surface area contributed by atoms with Gasteiger partial charge in [0.1, 0.15) is 5.69 Å². The summed E-state index contributed by atoms with van der Waals surface area (Å²) < 4.78 is 40.8. The average molecular weight is 567 g/mol. The number of ether oxygens (including phenoxy) is 2. The molecule has 3 aliphatic rings. The maximum absolute atomic E-state index is 14.6. The van der Waals surface area contributed by atoms with Crippen LogP contribution < -0.4 is 21.3 Å².